The van der Waals surface area contributed by atoms with E-state index in [1.165, 1.54) is 26.8 Å². The van der Waals surface area contributed by atoms with Crippen molar-refractivity contribution >= 4 is 29.8 Å². The number of esters is 5. The monoisotopic (exact) mass is 582 g/mol. The molecule has 2 heterocycles. The van der Waals surface area contributed by atoms with Crippen LogP contribution in [0.25, 0.3) is 0 Å². The van der Waals surface area contributed by atoms with E-state index in [0.717, 1.165) is 20.8 Å². The zero-order valence-corrected chi connectivity index (χ0v) is 24.4. The van der Waals surface area contributed by atoms with Gasteiger partial charge in [-0.3, -0.25) is 19.2 Å². The number of rotatable bonds is 4. The Balaban J connectivity index is 2.10. The van der Waals surface area contributed by atoms with Gasteiger partial charge in [0.1, 0.15) is 18.3 Å². The predicted octanol–water partition coefficient (Wildman–Crippen LogP) is 0.510. The molecule has 41 heavy (non-hydrogen) atoms. The molecule has 2 N–H and O–H groups in total. The molecule has 0 aromatic carbocycles. The SMILES string of the molecule is CC(=O)O[C@H]1/C=C(\C)[C@H](O)[C@@H]2OC(=O)[C@]3(C)O[C@]23[C@@H](OC(C)=O)[C@H]2[C@@H](C)[C@@H](O)C[C@H](OC(C)=O)[C@]2(C)[C@H]1OC(C)=O. The first-order valence-electron chi connectivity index (χ1n) is 13.6. The lowest BCUT2D eigenvalue weighted by Crippen LogP contribution is -2.68. The van der Waals surface area contributed by atoms with Crippen LogP contribution in [0, 0.1) is 17.3 Å². The molecular formula is C28H38O13. The van der Waals surface area contributed by atoms with Crippen LogP contribution in [0.15, 0.2) is 11.6 Å². The lowest BCUT2D eigenvalue weighted by atomic mass is 9.53. The second kappa shape index (κ2) is 10.4. The summed E-state index contributed by atoms with van der Waals surface area (Å²) in [6.07, 6.45) is -8.00. The van der Waals surface area contributed by atoms with Gasteiger partial charge in [0.25, 0.3) is 0 Å². The van der Waals surface area contributed by atoms with Gasteiger partial charge < -0.3 is 38.6 Å². The second-order valence-electron chi connectivity index (χ2n) is 11.9. The highest BCUT2D eigenvalue weighted by Gasteiger charge is 2.88. The molecule has 0 radical (unpaired) electrons. The van der Waals surface area contributed by atoms with Crippen LogP contribution in [0.2, 0.25) is 0 Å². The smallest absolute Gasteiger partial charge is 0.342 e. The number of carbonyl (C=O) groups excluding carboxylic acids is 5. The van der Waals surface area contributed by atoms with Crippen molar-refractivity contribution in [2.75, 3.05) is 0 Å². The fourth-order valence-corrected chi connectivity index (χ4v) is 7.31. The van der Waals surface area contributed by atoms with Gasteiger partial charge in [-0.25, -0.2) is 4.79 Å². The number of hydrogen-bond donors (Lipinski definition) is 2. The van der Waals surface area contributed by atoms with Crippen LogP contribution < -0.4 is 0 Å². The summed E-state index contributed by atoms with van der Waals surface area (Å²) in [5.74, 6) is -5.59. The summed E-state index contributed by atoms with van der Waals surface area (Å²) in [6.45, 7) is 10.9. The van der Waals surface area contributed by atoms with E-state index in [-0.39, 0.29) is 12.0 Å². The third kappa shape index (κ3) is 4.71. The van der Waals surface area contributed by atoms with E-state index in [4.69, 9.17) is 28.4 Å². The summed E-state index contributed by atoms with van der Waals surface area (Å²) < 4.78 is 34.9. The summed E-state index contributed by atoms with van der Waals surface area (Å²) in [4.78, 5) is 63.0. The summed E-state index contributed by atoms with van der Waals surface area (Å²) in [7, 11) is 0. The first-order valence-corrected chi connectivity index (χ1v) is 13.6. The Morgan fingerprint density at radius 1 is 0.902 bits per heavy atom. The van der Waals surface area contributed by atoms with Gasteiger partial charge >= 0.3 is 29.8 Å². The molecule has 228 valence electrons. The van der Waals surface area contributed by atoms with E-state index in [0.29, 0.717) is 0 Å². The number of aliphatic hydroxyl groups excluding tert-OH is 2. The summed E-state index contributed by atoms with van der Waals surface area (Å²) in [6, 6.07) is 0. The Kier molecular flexibility index (Phi) is 7.81. The van der Waals surface area contributed by atoms with Gasteiger partial charge in [-0.05, 0) is 31.4 Å². The van der Waals surface area contributed by atoms with Gasteiger partial charge in [0, 0.05) is 40.0 Å². The van der Waals surface area contributed by atoms with Crippen LogP contribution in [-0.2, 0) is 52.4 Å². The molecule has 0 aromatic rings. The highest BCUT2D eigenvalue weighted by atomic mass is 16.7. The topological polar surface area (TPSA) is 184 Å². The fourth-order valence-electron chi connectivity index (χ4n) is 7.31. The van der Waals surface area contributed by atoms with Crippen LogP contribution in [0.3, 0.4) is 0 Å². The molecule has 0 unspecified atom stereocenters. The minimum Gasteiger partial charge on any atom is -0.462 e. The normalized spacial score (nSPS) is 46.2. The van der Waals surface area contributed by atoms with Gasteiger partial charge in [-0.2, -0.15) is 0 Å². The van der Waals surface area contributed by atoms with Gasteiger partial charge in [-0.15, -0.1) is 0 Å². The Morgan fingerprint density at radius 2 is 1.44 bits per heavy atom. The van der Waals surface area contributed by atoms with Crippen LogP contribution in [0.4, 0.5) is 0 Å². The zero-order valence-electron chi connectivity index (χ0n) is 24.4. The quantitative estimate of drug-likeness (QED) is 0.202. The summed E-state index contributed by atoms with van der Waals surface area (Å²) in [5, 5.41) is 22.7. The van der Waals surface area contributed by atoms with E-state index in [1.807, 2.05) is 0 Å². The van der Waals surface area contributed by atoms with Gasteiger partial charge in [0.05, 0.1) is 11.5 Å². The van der Waals surface area contributed by atoms with Crippen molar-refractivity contribution < 1.29 is 62.6 Å². The van der Waals surface area contributed by atoms with Crippen molar-refractivity contribution in [2.45, 2.75) is 116 Å². The largest absolute Gasteiger partial charge is 0.462 e. The molecule has 13 heteroatoms. The number of aliphatic hydroxyl groups is 2. The van der Waals surface area contributed by atoms with Crippen molar-refractivity contribution in [1.82, 2.24) is 0 Å². The second-order valence-corrected chi connectivity index (χ2v) is 11.9. The molecule has 1 saturated carbocycles. The Hall–Kier alpha value is -3.03. The molecule has 4 aliphatic rings. The third-order valence-corrected chi connectivity index (χ3v) is 9.20. The highest BCUT2D eigenvalue weighted by Crippen LogP contribution is 2.66. The van der Waals surface area contributed by atoms with Crippen LogP contribution in [0.1, 0.15) is 61.8 Å². The lowest BCUT2D eigenvalue weighted by molar-refractivity contribution is -0.244. The first kappa shape index (κ1) is 30.9. The van der Waals surface area contributed by atoms with Gasteiger partial charge in [0.2, 0.25) is 0 Å². The minimum absolute atomic E-state index is 0.0968. The Labute approximate surface area is 237 Å². The van der Waals surface area contributed by atoms with E-state index < -0.39 is 101 Å². The number of hydrogen-bond acceptors (Lipinski definition) is 13. The Morgan fingerprint density at radius 3 is 1.95 bits per heavy atom. The molecule has 0 amide bonds. The number of epoxide rings is 1. The van der Waals surface area contributed by atoms with Gasteiger partial charge in [-0.1, -0.05) is 13.8 Å². The molecular weight excluding hydrogens is 544 g/mol. The molecule has 0 bridgehead atoms. The molecule has 3 fully saturated rings. The zero-order chi connectivity index (χ0) is 30.8. The molecule has 2 aliphatic carbocycles. The average molecular weight is 583 g/mol. The van der Waals surface area contributed by atoms with Crippen molar-refractivity contribution in [2.24, 2.45) is 17.3 Å². The maximum absolute atomic E-state index is 13.1. The van der Waals surface area contributed by atoms with Crippen molar-refractivity contribution in [3.8, 4) is 0 Å². The predicted molar refractivity (Wildman–Crippen MR) is 135 cm³/mol. The van der Waals surface area contributed by atoms with Crippen LogP contribution in [0.5, 0.6) is 0 Å². The molecule has 13 nitrogen and oxygen atoms in total. The molecule has 12 atom stereocenters. The van der Waals surface area contributed by atoms with Crippen molar-refractivity contribution in [3.05, 3.63) is 11.6 Å². The van der Waals surface area contributed by atoms with E-state index >= 15 is 0 Å². The summed E-state index contributed by atoms with van der Waals surface area (Å²) in [5.41, 5.74) is -4.71. The van der Waals surface area contributed by atoms with Crippen LogP contribution >= 0.6 is 0 Å². The minimum atomic E-state index is -1.72. The fraction of sp³-hybridized carbons (Fsp3) is 0.750. The summed E-state index contributed by atoms with van der Waals surface area (Å²) >= 11 is 0. The van der Waals surface area contributed by atoms with Crippen LogP contribution in [-0.4, -0.2) is 94.0 Å². The molecule has 0 aromatic heterocycles. The third-order valence-electron chi connectivity index (χ3n) is 9.20. The highest BCUT2D eigenvalue weighted by molar-refractivity contribution is 5.89. The Bertz CT molecular complexity index is 1180. The maximum Gasteiger partial charge on any atom is 0.342 e. The standard InChI is InChI=1S/C28H38O13/c1-11-9-18(36-13(3)29)22(38-15(5)31)26(7)19(37-14(4)30)10-17(33)12(2)20(26)23(39-16(6)32)28-24(21(11)34)40-25(35)27(28,8)41-28/h9,12,17-24,33-34H,10H2,1-8H3/b11-9+/t12-,17-,18-,19-,20+,21-,22-,23-,24-,26-,27-,28+/m0/s1. The lowest BCUT2D eigenvalue weighted by Gasteiger charge is -2.57. The van der Waals surface area contributed by atoms with Crippen molar-refractivity contribution in [3.63, 3.8) is 0 Å². The number of carbonyl (C=O) groups is 5. The number of ether oxygens (including phenoxy) is 6. The number of fused-ring (bicyclic) bond motifs is 1. The maximum atomic E-state index is 13.1. The van der Waals surface area contributed by atoms with Gasteiger partial charge in [0.15, 0.2) is 29.5 Å². The van der Waals surface area contributed by atoms with E-state index in [2.05, 4.69) is 0 Å². The molecule has 2 aliphatic heterocycles. The van der Waals surface area contributed by atoms with E-state index in [9.17, 15) is 34.2 Å². The average Bonchev–Trinajstić information content (AvgIpc) is 3.42. The molecule has 2 saturated heterocycles. The van der Waals surface area contributed by atoms with E-state index in [1.54, 1.807) is 13.8 Å². The molecule has 4 rings (SSSR count). The molecule has 1 spiro atoms. The first-order chi connectivity index (χ1) is 18.9. The van der Waals surface area contributed by atoms with Crippen molar-refractivity contribution in [1.29, 1.82) is 0 Å².